The second-order valence-corrected chi connectivity index (χ2v) is 6.83. The van der Waals surface area contributed by atoms with Crippen molar-refractivity contribution in [3.8, 4) is 0 Å². The van der Waals surface area contributed by atoms with Crippen LogP contribution in [-0.4, -0.2) is 26.8 Å². The number of H-pyrrole nitrogens is 1. The number of aromatic amines is 1. The fraction of sp³-hybridized carbons (Fsp3) is 0.438. The number of amides is 1. The topological polar surface area (TPSA) is 70.7 Å². The Hall–Kier alpha value is -1.82. The highest BCUT2D eigenvalue weighted by molar-refractivity contribution is 7.99. The van der Waals surface area contributed by atoms with Gasteiger partial charge in [-0.1, -0.05) is 37.7 Å². The van der Waals surface area contributed by atoms with Crippen molar-refractivity contribution in [2.75, 3.05) is 11.1 Å². The molecule has 116 valence electrons. The minimum absolute atomic E-state index is 0.0416. The molecule has 0 atom stereocenters. The molecule has 0 radical (unpaired) electrons. The Kier molecular flexibility index (Phi) is 4.47. The molecule has 1 fully saturated rings. The van der Waals surface area contributed by atoms with Crippen molar-refractivity contribution in [1.29, 1.82) is 0 Å². The predicted octanol–water partition coefficient (Wildman–Crippen LogP) is 3.54. The number of hydrogen-bond acceptors (Lipinski definition) is 4. The first kappa shape index (κ1) is 15.1. The Morgan fingerprint density at radius 2 is 2.09 bits per heavy atom. The Morgan fingerprint density at radius 3 is 2.73 bits per heavy atom. The third kappa shape index (κ3) is 3.88. The minimum atomic E-state index is -0.0416. The third-order valence-corrected chi connectivity index (χ3v) is 4.49. The lowest BCUT2D eigenvalue weighted by atomic mass is 10.0. The largest absolute Gasteiger partial charge is 0.325 e. The van der Waals surface area contributed by atoms with Crippen LogP contribution in [-0.2, 0) is 4.79 Å². The molecule has 1 heterocycles. The van der Waals surface area contributed by atoms with E-state index in [-0.39, 0.29) is 5.91 Å². The first-order valence-electron chi connectivity index (χ1n) is 7.56. The highest BCUT2D eigenvalue weighted by Gasteiger charge is 2.27. The summed E-state index contributed by atoms with van der Waals surface area (Å²) in [7, 11) is 0. The quantitative estimate of drug-likeness (QED) is 0.800. The van der Waals surface area contributed by atoms with Gasteiger partial charge >= 0.3 is 0 Å². The minimum Gasteiger partial charge on any atom is -0.325 e. The number of benzene rings is 1. The molecule has 1 aromatic heterocycles. The zero-order valence-electron chi connectivity index (χ0n) is 12.8. The highest BCUT2D eigenvalue weighted by atomic mass is 32.2. The summed E-state index contributed by atoms with van der Waals surface area (Å²) in [5.74, 6) is 2.27. The van der Waals surface area contributed by atoms with Gasteiger partial charge < -0.3 is 5.32 Å². The second-order valence-electron chi connectivity index (χ2n) is 5.89. The fourth-order valence-corrected chi connectivity index (χ4v) is 2.75. The molecule has 0 aliphatic heterocycles. The zero-order valence-corrected chi connectivity index (χ0v) is 13.6. The summed E-state index contributed by atoms with van der Waals surface area (Å²) in [5.41, 5.74) is 2.09. The average molecular weight is 316 g/mol. The summed E-state index contributed by atoms with van der Waals surface area (Å²) < 4.78 is 0. The Morgan fingerprint density at radius 1 is 1.36 bits per heavy atom. The third-order valence-electron chi connectivity index (χ3n) is 3.64. The highest BCUT2D eigenvalue weighted by Crippen LogP contribution is 2.38. The molecular weight excluding hydrogens is 296 g/mol. The van der Waals surface area contributed by atoms with Gasteiger partial charge in [-0.05, 0) is 36.5 Å². The Bertz CT molecular complexity index is 646. The van der Waals surface area contributed by atoms with Gasteiger partial charge in [-0.2, -0.15) is 0 Å². The zero-order chi connectivity index (χ0) is 15.5. The van der Waals surface area contributed by atoms with Crippen molar-refractivity contribution in [2.45, 2.75) is 43.7 Å². The van der Waals surface area contributed by atoms with Gasteiger partial charge in [0.15, 0.2) is 0 Å². The van der Waals surface area contributed by atoms with E-state index in [1.54, 1.807) is 0 Å². The summed E-state index contributed by atoms with van der Waals surface area (Å²) in [6.45, 7) is 4.30. The van der Waals surface area contributed by atoms with Gasteiger partial charge in [0.25, 0.3) is 0 Å². The van der Waals surface area contributed by atoms with Crippen molar-refractivity contribution in [3.05, 3.63) is 35.7 Å². The van der Waals surface area contributed by atoms with Crippen LogP contribution in [0.2, 0.25) is 0 Å². The van der Waals surface area contributed by atoms with Gasteiger partial charge in [0.05, 0.1) is 5.75 Å². The van der Waals surface area contributed by atoms with Crippen LogP contribution in [0.25, 0.3) is 0 Å². The van der Waals surface area contributed by atoms with Crippen molar-refractivity contribution in [3.63, 3.8) is 0 Å². The maximum Gasteiger partial charge on any atom is 0.234 e. The van der Waals surface area contributed by atoms with Gasteiger partial charge in [-0.15, -0.1) is 5.10 Å². The number of hydrogen-bond donors (Lipinski definition) is 2. The van der Waals surface area contributed by atoms with Crippen molar-refractivity contribution < 1.29 is 4.79 Å². The molecule has 1 aliphatic carbocycles. The molecule has 0 unspecified atom stereocenters. The molecule has 0 saturated heterocycles. The summed E-state index contributed by atoms with van der Waals surface area (Å²) >= 11 is 1.36. The number of carbonyl (C=O) groups excluding carboxylic acids is 1. The number of nitrogens with zero attached hydrogens (tertiary/aromatic N) is 2. The predicted molar refractivity (Wildman–Crippen MR) is 88.2 cm³/mol. The van der Waals surface area contributed by atoms with E-state index in [1.165, 1.54) is 30.2 Å². The molecule has 6 heteroatoms. The SMILES string of the molecule is CC(C)c1ccc(NC(=O)CSc2n[nH]c(C3CC3)n2)cc1. The van der Waals surface area contributed by atoms with Gasteiger partial charge in [-0.3, -0.25) is 9.89 Å². The smallest absolute Gasteiger partial charge is 0.234 e. The molecule has 2 aromatic rings. The van der Waals surface area contributed by atoms with E-state index in [9.17, 15) is 4.79 Å². The van der Waals surface area contributed by atoms with Crippen LogP contribution >= 0.6 is 11.8 Å². The van der Waals surface area contributed by atoms with E-state index < -0.39 is 0 Å². The number of anilines is 1. The molecule has 1 aromatic carbocycles. The van der Waals surface area contributed by atoms with Crippen molar-refractivity contribution in [2.24, 2.45) is 0 Å². The number of rotatable bonds is 6. The lowest BCUT2D eigenvalue weighted by Crippen LogP contribution is -2.14. The maximum absolute atomic E-state index is 12.0. The molecular formula is C16H20N4OS. The first-order valence-corrected chi connectivity index (χ1v) is 8.55. The summed E-state index contributed by atoms with van der Waals surface area (Å²) in [6.07, 6.45) is 2.37. The van der Waals surface area contributed by atoms with Crippen LogP contribution in [0, 0.1) is 0 Å². The van der Waals surface area contributed by atoms with Crippen LogP contribution in [0.5, 0.6) is 0 Å². The molecule has 1 aliphatic rings. The van der Waals surface area contributed by atoms with Crippen molar-refractivity contribution >= 4 is 23.4 Å². The molecule has 1 amide bonds. The lowest BCUT2D eigenvalue weighted by molar-refractivity contribution is -0.113. The first-order chi connectivity index (χ1) is 10.6. The van der Waals surface area contributed by atoms with Crippen LogP contribution in [0.1, 0.15) is 49.9 Å². The molecule has 2 N–H and O–H groups in total. The van der Waals surface area contributed by atoms with Gasteiger partial charge in [0.1, 0.15) is 5.82 Å². The van der Waals surface area contributed by atoms with Crippen LogP contribution in [0.4, 0.5) is 5.69 Å². The van der Waals surface area contributed by atoms with Crippen LogP contribution in [0.15, 0.2) is 29.4 Å². The monoisotopic (exact) mass is 316 g/mol. The lowest BCUT2D eigenvalue weighted by Gasteiger charge is -2.08. The molecule has 0 spiro atoms. The van der Waals surface area contributed by atoms with Gasteiger partial charge in [0.2, 0.25) is 11.1 Å². The molecule has 0 bridgehead atoms. The molecule has 22 heavy (non-hydrogen) atoms. The van der Waals surface area contributed by atoms with Gasteiger partial charge in [0, 0.05) is 11.6 Å². The maximum atomic E-state index is 12.0. The Labute approximate surface area is 134 Å². The van der Waals surface area contributed by atoms with E-state index >= 15 is 0 Å². The normalized spacial score (nSPS) is 14.3. The number of thioether (sulfide) groups is 1. The van der Waals surface area contributed by atoms with E-state index in [0.29, 0.717) is 22.7 Å². The standard InChI is InChI=1S/C16H20N4OS/c1-10(2)11-5-7-13(8-6-11)17-14(21)9-22-16-18-15(19-20-16)12-3-4-12/h5-8,10,12H,3-4,9H2,1-2H3,(H,17,21)(H,18,19,20). The molecule has 5 nitrogen and oxygen atoms in total. The second kappa shape index (κ2) is 6.52. The number of nitrogens with one attached hydrogen (secondary N) is 2. The Balaban J connectivity index is 1.48. The van der Waals surface area contributed by atoms with E-state index in [2.05, 4.69) is 34.3 Å². The van der Waals surface area contributed by atoms with E-state index in [0.717, 1.165) is 11.5 Å². The summed E-state index contributed by atoms with van der Waals surface area (Å²) in [5, 5.41) is 10.6. The van der Waals surface area contributed by atoms with E-state index in [1.807, 2.05) is 24.3 Å². The van der Waals surface area contributed by atoms with Crippen LogP contribution in [0.3, 0.4) is 0 Å². The van der Waals surface area contributed by atoms with Crippen molar-refractivity contribution in [1.82, 2.24) is 15.2 Å². The average Bonchev–Trinajstić information content (AvgIpc) is 3.25. The van der Waals surface area contributed by atoms with Gasteiger partial charge in [-0.25, -0.2) is 4.98 Å². The molecule has 1 saturated carbocycles. The fourth-order valence-electron chi connectivity index (χ4n) is 2.14. The van der Waals surface area contributed by atoms with E-state index in [4.69, 9.17) is 0 Å². The summed E-state index contributed by atoms with van der Waals surface area (Å²) in [4.78, 5) is 16.4. The number of carbonyl (C=O) groups is 1. The van der Waals surface area contributed by atoms with Crippen LogP contribution < -0.4 is 5.32 Å². The number of aromatic nitrogens is 3. The molecule has 3 rings (SSSR count). The summed E-state index contributed by atoms with van der Waals surface area (Å²) in [6, 6.07) is 7.97.